The van der Waals surface area contributed by atoms with Crippen molar-refractivity contribution in [2.75, 3.05) is 0 Å². The Bertz CT molecular complexity index is 1190. The minimum absolute atomic E-state index is 0.0205. The van der Waals surface area contributed by atoms with Gasteiger partial charge in [0.1, 0.15) is 5.69 Å². The molecular formula is C24H17ClN2O. The van der Waals surface area contributed by atoms with E-state index in [4.69, 9.17) is 16.6 Å². The Morgan fingerprint density at radius 1 is 0.893 bits per heavy atom. The minimum Gasteiger partial charge on any atom is -0.329 e. The summed E-state index contributed by atoms with van der Waals surface area (Å²) in [6.45, 7) is 1.09. The molecule has 0 bridgehead atoms. The van der Waals surface area contributed by atoms with Crippen molar-refractivity contribution in [3.8, 4) is 11.1 Å². The Labute approximate surface area is 168 Å². The van der Waals surface area contributed by atoms with E-state index in [2.05, 4.69) is 18.2 Å². The molecular weight excluding hydrogens is 368 g/mol. The van der Waals surface area contributed by atoms with E-state index in [9.17, 15) is 4.79 Å². The molecule has 0 saturated carbocycles. The molecule has 5 rings (SSSR count). The second-order valence-corrected chi connectivity index (χ2v) is 7.42. The maximum absolute atomic E-state index is 13.1. The summed E-state index contributed by atoms with van der Waals surface area (Å²) in [5.74, 6) is -0.0205. The number of amides is 1. The third-order valence-corrected chi connectivity index (χ3v) is 5.43. The Hall–Kier alpha value is -3.17. The van der Waals surface area contributed by atoms with Crippen LogP contribution in [0, 0.1) is 0 Å². The van der Waals surface area contributed by atoms with Crippen molar-refractivity contribution < 1.29 is 4.79 Å². The Morgan fingerprint density at radius 3 is 2.39 bits per heavy atom. The number of pyridine rings is 1. The van der Waals surface area contributed by atoms with E-state index in [0.717, 1.165) is 33.2 Å². The molecule has 136 valence electrons. The number of hydrogen-bond donors (Lipinski definition) is 0. The van der Waals surface area contributed by atoms with Crippen LogP contribution in [0.5, 0.6) is 0 Å². The molecule has 1 amide bonds. The molecule has 1 aromatic heterocycles. The van der Waals surface area contributed by atoms with Gasteiger partial charge in [-0.1, -0.05) is 72.3 Å². The van der Waals surface area contributed by atoms with E-state index in [-0.39, 0.29) is 5.91 Å². The molecule has 0 aliphatic carbocycles. The highest BCUT2D eigenvalue weighted by atomic mass is 35.5. The van der Waals surface area contributed by atoms with Gasteiger partial charge in [0.2, 0.25) is 0 Å². The normalized spacial score (nSPS) is 13.2. The highest BCUT2D eigenvalue weighted by molar-refractivity contribution is 6.30. The van der Waals surface area contributed by atoms with E-state index in [0.29, 0.717) is 23.8 Å². The highest BCUT2D eigenvalue weighted by Gasteiger charge is 2.32. The first kappa shape index (κ1) is 17.0. The van der Waals surface area contributed by atoms with E-state index in [1.165, 1.54) is 0 Å². The standard InChI is InChI=1S/C24H17ClN2O/c25-18-12-10-16(11-13-18)14-27-15-20-22(17-6-2-1-3-7-17)19-8-4-5-9-21(19)26-23(20)24(27)28/h1-13H,14-15H2. The molecule has 0 unspecified atom stereocenters. The summed E-state index contributed by atoms with van der Waals surface area (Å²) in [6.07, 6.45) is 0. The minimum atomic E-state index is -0.0205. The zero-order chi connectivity index (χ0) is 19.1. The van der Waals surface area contributed by atoms with Gasteiger partial charge < -0.3 is 4.90 Å². The first-order valence-electron chi connectivity index (χ1n) is 9.21. The van der Waals surface area contributed by atoms with Crippen LogP contribution >= 0.6 is 11.6 Å². The Balaban J connectivity index is 1.63. The maximum Gasteiger partial charge on any atom is 0.273 e. The van der Waals surface area contributed by atoms with Crippen molar-refractivity contribution in [1.82, 2.24) is 9.88 Å². The highest BCUT2D eigenvalue weighted by Crippen LogP contribution is 2.37. The third-order valence-electron chi connectivity index (χ3n) is 5.18. The third kappa shape index (κ3) is 2.85. The molecule has 4 aromatic rings. The molecule has 3 aromatic carbocycles. The van der Waals surface area contributed by atoms with E-state index in [1.807, 2.05) is 65.6 Å². The summed E-state index contributed by atoms with van der Waals surface area (Å²) in [4.78, 5) is 19.7. The van der Waals surface area contributed by atoms with Crippen LogP contribution in [0.4, 0.5) is 0 Å². The summed E-state index contributed by atoms with van der Waals surface area (Å²) in [5, 5.41) is 1.77. The number of nitrogens with zero attached hydrogens (tertiary/aromatic N) is 2. The SMILES string of the molecule is O=C1c2nc3ccccc3c(-c3ccccc3)c2CN1Cc1ccc(Cl)cc1. The fourth-order valence-corrected chi connectivity index (χ4v) is 3.99. The maximum atomic E-state index is 13.1. The molecule has 0 N–H and O–H groups in total. The van der Waals surface area contributed by atoms with Gasteiger partial charge in [-0.25, -0.2) is 4.98 Å². The number of benzene rings is 3. The van der Waals surface area contributed by atoms with Gasteiger partial charge in [0.05, 0.1) is 5.52 Å². The van der Waals surface area contributed by atoms with Crippen LogP contribution in [0.2, 0.25) is 5.02 Å². The number of halogens is 1. The predicted octanol–water partition coefficient (Wildman–Crippen LogP) is 5.71. The molecule has 2 heterocycles. The quantitative estimate of drug-likeness (QED) is 0.453. The molecule has 1 aliphatic heterocycles. The van der Waals surface area contributed by atoms with Gasteiger partial charge in [0.25, 0.3) is 5.91 Å². The van der Waals surface area contributed by atoms with Crippen LogP contribution in [0.1, 0.15) is 21.6 Å². The lowest BCUT2D eigenvalue weighted by atomic mass is 9.95. The molecule has 28 heavy (non-hydrogen) atoms. The van der Waals surface area contributed by atoms with Crippen LogP contribution in [0.15, 0.2) is 78.9 Å². The van der Waals surface area contributed by atoms with Crippen molar-refractivity contribution >= 4 is 28.4 Å². The van der Waals surface area contributed by atoms with Crippen molar-refractivity contribution in [3.05, 3.63) is 101 Å². The second kappa shape index (κ2) is 6.77. The van der Waals surface area contributed by atoms with Crippen LogP contribution in [-0.4, -0.2) is 15.8 Å². The van der Waals surface area contributed by atoms with E-state index >= 15 is 0 Å². The Kier molecular flexibility index (Phi) is 4.10. The smallest absolute Gasteiger partial charge is 0.273 e. The van der Waals surface area contributed by atoms with Crippen molar-refractivity contribution in [2.24, 2.45) is 0 Å². The number of para-hydroxylation sites is 1. The first-order chi connectivity index (χ1) is 13.7. The summed E-state index contributed by atoms with van der Waals surface area (Å²) in [6, 6.07) is 25.9. The van der Waals surface area contributed by atoms with Crippen molar-refractivity contribution in [1.29, 1.82) is 0 Å². The predicted molar refractivity (Wildman–Crippen MR) is 112 cm³/mol. The summed E-state index contributed by atoms with van der Waals surface area (Å²) in [5.41, 5.74) is 5.68. The molecule has 0 fully saturated rings. The molecule has 0 spiro atoms. The molecule has 0 radical (unpaired) electrons. The molecule has 0 atom stereocenters. The first-order valence-corrected chi connectivity index (χ1v) is 9.59. The van der Waals surface area contributed by atoms with Gasteiger partial charge in [0.15, 0.2) is 0 Å². The lowest BCUT2D eigenvalue weighted by Gasteiger charge is -2.16. The Morgan fingerprint density at radius 2 is 1.61 bits per heavy atom. The van der Waals surface area contributed by atoms with Crippen LogP contribution in [0.3, 0.4) is 0 Å². The van der Waals surface area contributed by atoms with Gasteiger partial charge in [-0.2, -0.15) is 0 Å². The fourth-order valence-electron chi connectivity index (χ4n) is 3.87. The van der Waals surface area contributed by atoms with Gasteiger partial charge in [-0.15, -0.1) is 0 Å². The average molecular weight is 385 g/mol. The number of carbonyl (C=O) groups is 1. The van der Waals surface area contributed by atoms with Crippen molar-refractivity contribution in [2.45, 2.75) is 13.1 Å². The molecule has 4 heteroatoms. The molecule has 1 aliphatic rings. The molecule has 0 saturated heterocycles. The van der Waals surface area contributed by atoms with Crippen LogP contribution in [-0.2, 0) is 13.1 Å². The number of fused-ring (bicyclic) bond motifs is 2. The van der Waals surface area contributed by atoms with Gasteiger partial charge in [0, 0.05) is 29.1 Å². The molecule has 3 nitrogen and oxygen atoms in total. The number of rotatable bonds is 3. The number of carbonyl (C=O) groups excluding carboxylic acids is 1. The van der Waals surface area contributed by atoms with Crippen LogP contribution < -0.4 is 0 Å². The lowest BCUT2D eigenvalue weighted by molar-refractivity contribution is 0.0762. The zero-order valence-electron chi connectivity index (χ0n) is 15.1. The number of aromatic nitrogens is 1. The average Bonchev–Trinajstić information content (AvgIpc) is 3.03. The lowest BCUT2D eigenvalue weighted by Crippen LogP contribution is -2.23. The number of hydrogen-bond acceptors (Lipinski definition) is 2. The van der Waals surface area contributed by atoms with Gasteiger partial charge in [-0.3, -0.25) is 4.79 Å². The monoisotopic (exact) mass is 384 g/mol. The topological polar surface area (TPSA) is 33.2 Å². The second-order valence-electron chi connectivity index (χ2n) is 6.98. The van der Waals surface area contributed by atoms with Crippen molar-refractivity contribution in [3.63, 3.8) is 0 Å². The van der Waals surface area contributed by atoms with E-state index < -0.39 is 0 Å². The van der Waals surface area contributed by atoms with Crippen LogP contribution in [0.25, 0.3) is 22.0 Å². The zero-order valence-corrected chi connectivity index (χ0v) is 15.9. The summed E-state index contributed by atoms with van der Waals surface area (Å²) < 4.78 is 0. The largest absolute Gasteiger partial charge is 0.329 e. The summed E-state index contributed by atoms with van der Waals surface area (Å²) >= 11 is 5.99. The fraction of sp³-hybridized carbons (Fsp3) is 0.0833. The van der Waals surface area contributed by atoms with Gasteiger partial charge in [-0.05, 0) is 34.9 Å². The summed E-state index contributed by atoms with van der Waals surface area (Å²) in [7, 11) is 0. The van der Waals surface area contributed by atoms with E-state index in [1.54, 1.807) is 0 Å². The van der Waals surface area contributed by atoms with Gasteiger partial charge >= 0.3 is 0 Å².